The summed E-state index contributed by atoms with van der Waals surface area (Å²) < 4.78 is 35.1. The molecule has 40 heavy (non-hydrogen) atoms. The van der Waals surface area contributed by atoms with Gasteiger partial charge in [-0.2, -0.15) is 9.97 Å². The quantitative estimate of drug-likeness (QED) is 0.328. The van der Waals surface area contributed by atoms with Crippen LogP contribution in [0.5, 0.6) is 11.5 Å². The molecule has 0 saturated carbocycles. The van der Waals surface area contributed by atoms with Gasteiger partial charge in [-0.25, -0.2) is 4.79 Å². The number of nitrogens with zero attached hydrogens (tertiary/aromatic N) is 3. The van der Waals surface area contributed by atoms with Gasteiger partial charge in [0.2, 0.25) is 5.95 Å². The zero-order chi connectivity index (χ0) is 28.2. The van der Waals surface area contributed by atoms with Crippen molar-refractivity contribution in [3.8, 4) is 11.5 Å². The lowest BCUT2D eigenvalue weighted by Crippen LogP contribution is -2.30. The van der Waals surface area contributed by atoms with Crippen molar-refractivity contribution in [2.75, 3.05) is 96.0 Å². The van der Waals surface area contributed by atoms with Crippen molar-refractivity contribution < 1.29 is 28.4 Å². The lowest BCUT2D eigenvalue weighted by atomic mass is 10.2. The van der Waals surface area contributed by atoms with Gasteiger partial charge in [-0.15, -0.1) is 0 Å². The maximum absolute atomic E-state index is 12.6. The number of benzene rings is 1. The van der Waals surface area contributed by atoms with Crippen molar-refractivity contribution in [2.45, 2.75) is 6.54 Å². The van der Waals surface area contributed by atoms with Crippen LogP contribution >= 0.6 is 0 Å². The van der Waals surface area contributed by atoms with E-state index in [4.69, 9.17) is 34.2 Å². The molecule has 0 aliphatic carbocycles. The van der Waals surface area contributed by atoms with Gasteiger partial charge in [0, 0.05) is 31.9 Å². The van der Waals surface area contributed by atoms with Crippen molar-refractivity contribution in [2.24, 2.45) is 0 Å². The molecule has 3 aromatic rings. The Kier molecular flexibility index (Phi) is 10.9. The van der Waals surface area contributed by atoms with Crippen LogP contribution in [-0.4, -0.2) is 99.2 Å². The van der Waals surface area contributed by atoms with E-state index >= 15 is 0 Å². The molecule has 3 heterocycles. The third-order valence-electron chi connectivity index (χ3n) is 5.79. The Hall–Kier alpha value is -3.92. The predicted molar refractivity (Wildman–Crippen MR) is 148 cm³/mol. The SMILES string of the molecule is CNc1nc2c(c(N)nc(=O)n2CCNc2ccc3c(c2)OCCOCCOCCOCCOCCO3)c(=O)[nH]1. The molecule has 218 valence electrons. The highest BCUT2D eigenvalue weighted by Crippen LogP contribution is 2.30. The molecule has 0 fully saturated rings. The van der Waals surface area contributed by atoms with Crippen LogP contribution in [0.3, 0.4) is 0 Å². The van der Waals surface area contributed by atoms with Gasteiger partial charge in [0.15, 0.2) is 17.1 Å². The fourth-order valence-electron chi connectivity index (χ4n) is 3.86. The van der Waals surface area contributed by atoms with E-state index in [0.717, 1.165) is 5.69 Å². The Morgan fingerprint density at radius 3 is 2.10 bits per heavy atom. The third-order valence-corrected chi connectivity index (χ3v) is 5.79. The smallest absolute Gasteiger partial charge is 0.351 e. The first-order valence-corrected chi connectivity index (χ1v) is 13.0. The second-order valence-electron chi connectivity index (χ2n) is 8.53. The summed E-state index contributed by atoms with van der Waals surface area (Å²) in [5.41, 5.74) is 5.61. The summed E-state index contributed by atoms with van der Waals surface area (Å²) in [7, 11) is 1.61. The van der Waals surface area contributed by atoms with Crippen LogP contribution in [0.15, 0.2) is 27.8 Å². The van der Waals surface area contributed by atoms with Gasteiger partial charge in [0.1, 0.15) is 24.4 Å². The van der Waals surface area contributed by atoms with Crippen LogP contribution in [0.25, 0.3) is 11.0 Å². The van der Waals surface area contributed by atoms with Crippen molar-refractivity contribution >= 4 is 28.5 Å². The first-order valence-electron chi connectivity index (χ1n) is 13.0. The normalized spacial score (nSPS) is 16.1. The molecule has 1 aliphatic heterocycles. The van der Waals surface area contributed by atoms with Crippen molar-refractivity contribution in [1.29, 1.82) is 0 Å². The molecule has 0 unspecified atom stereocenters. The second-order valence-corrected chi connectivity index (χ2v) is 8.53. The maximum Gasteiger partial charge on any atom is 0.351 e. The highest BCUT2D eigenvalue weighted by atomic mass is 16.6. The minimum atomic E-state index is -0.607. The molecule has 5 N–H and O–H groups in total. The summed E-state index contributed by atoms with van der Waals surface area (Å²) in [6, 6.07) is 5.43. The first kappa shape index (κ1) is 29.1. The number of aromatic amines is 1. The summed E-state index contributed by atoms with van der Waals surface area (Å²) in [5, 5.41) is 6.08. The Morgan fingerprint density at radius 1 is 0.875 bits per heavy atom. The van der Waals surface area contributed by atoms with E-state index in [9.17, 15) is 9.59 Å². The molecule has 15 nitrogen and oxygen atoms in total. The van der Waals surface area contributed by atoms with Crippen LogP contribution in [0.2, 0.25) is 0 Å². The minimum Gasteiger partial charge on any atom is -0.487 e. The number of hydrogen-bond donors (Lipinski definition) is 4. The van der Waals surface area contributed by atoms with E-state index in [1.165, 1.54) is 4.57 Å². The predicted octanol–water partition coefficient (Wildman–Crippen LogP) is 0.0534. The van der Waals surface area contributed by atoms with E-state index in [-0.39, 0.29) is 29.3 Å². The molecule has 2 aromatic heterocycles. The minimum absolute atomic E-state index is 0.0539. The molecule has 1 aliphatic rings. The summed E-state index contributed by atoms with van der Waals surface area (Å²) >= 11 is 0. The molecular formula is C25H35N7O8. The summed E-state index contributed by atoms with van der Waals surface area (Å²) in [5.74, 6) is 1.12. The molecule has 0 radical (unpaired) electrons. The molecule has 0 atom stereocenters. The molecular weight excluding hydrogens is 526 g/mol. The number of rotatable bonds is 5. The Balaban J connectivity index is 1.43. The third kappa shape index (κ3) is 8.05. The van der Waals surface area contributed by atoms with Gasteiger partial charge in [-0.3, -0.25) is 14.3 Å². The molecule has 1 aromatic carbocycles. The highest BCUT2D eigenvalue weighted by Gasteiger charge is 2.15. The van der Waals surface area contributed by atoms with Gasteiger partial charge in [0.05, 0.1) is 52.9 Å². The zero-order valence-corrected chi connectivity index (χ0v) is 22.4. The number of anilines is 3. The maximum atomic E-state index is 12.6. The van der Waals surface area contributed by atoms with E-state index < -0.39 is 11.2 Å². The lowest BCUT2D eigenvalue weighted by molar-refractivity contribution is -0.00841. The number of nitrogens with one attached hydrogen (secondary N) is 3. The van der Waals surface area contributed by atoms with E-state index in [1.807, 2.05) is 6.07 Å². The fraction of sp³-hybridized carbons (Fsp3) is 0.520. The average molecular weight is 562 g/mol. The Morgan fingerprint density at radius 2 is 1.48 bits per heavy atom. The topological polar surface area (TPSA) is 186 Å². The van der Waals surface area contributed by atoms with Gasteiger partial charge in [-0.05, 0) is 12.1 Å². The van der Waals surface area contributed by atoms with Gasteiger partial charge < -0.3 is 44.8 Å². The number of nitrogen functional groups attached to an aromatic ring is 1. The first-order chi connectivity index (χ1) is 19.6. The van der Waals surface area contributed by atoms with E-state index in [1.54, 1.807) is 19.2 Å². The average Bonchev–Trinajstić information content (AvgIpc) is 2.94. The highest BCUT2D eigenvalue weighted by molar-refractivity contribution is 5.85. The fourth-order valence-corrected chi connectivity index (χ4v) is 3.86. The summed E-state index contributed by atoms with van der Waals surface area (Å²) in [6.07, 6.45) is 0. The van der Waals surface area contributed by atoms with Gasteiger partial charge >= 0.3 is 5.69 Å². The molecule has 4 rings (SSSR count). The van der Waals surface area contributed by atoms with Crippen LogP contribution in [0.4, 0.5) is 17.5 Å². The summed E-state index contributed by atoms with van der Waals surface area (Å²) in [6.45, 7) is 4.77. The van der Waals surface area contributed by atoms with Crippen LogP contribution < -0.4 is 37.1 Å². The van der Waals surface area contributed by atoms with Crippen LogP contribution in [-0.2, 0) is 25.5 Å². The van der Waals surface area contributed by atoms with Crippen molar-refractivity contribution in [3.63, 3.8) is 0 Å². The number of ether oxygens (including phenoxy) is 6. The molecule has 0 amide bonds. The zero-order valence-electron chi connectivity index (χ0n) is 22.4. The lowest BCUT2D eigenvalue weighted by Gasteiger charge is -2.16. The van der Waals surface area contributed by atoms with Gasteiger partial charge in [0.25, 0.3) is 5.56 Å². The summed E-state index contributed by atoms with van der Waals surface area (Å²) in [4.78, 5) is 35.7. The molecule has 0 bridgehead atoms. The van der Waals surface area contributed by atoms with Crippen molar-refractivity contribution in [3.05, 3.63) is 39.0 Å². The Labute approximate surface area is 229 Å². The van der Waals surface area contributed by atoms with E-state index in [0.29, 0.717) is 84.1 Å². The number of aromatic nitrogens is 4. The number of fused-ring (bicyclic) bond motifs is 2. The second kappa shape index (κ2) is 15.0. The largest absolute Gasteiger partial charge is 0.487 e. The molecule has 15 heteroatoms. The number of hydrogen-bond acceptors (Lipinski definition) is 13. The number of H-pyrrole nitrogens is 1. The standard InChI is InChI=1S/C25H35N7O8/c1-27-24-30-22-20(23(33)31-24)21(26)29-25(34)32(22)5-4-28-17-2-3-18-19(16-17)40-15-13-38-11-9-36-7-6-35-8-10-37-12-14-39-18/h2-3,16,28H,4-15H2,1H3,(H2,26,29,34)(H2,27,30,31,33). The monoisotopic (exact) mass is 561 g/mol. The molecule has 0 saturated heterocycles. The molecule has 0 spiro atoms. The van der Waals surface area contributed by atoms with Crippen LogP contribution in [0.1, 0.15) is 0 Å². The Bertz CT molecular complexity index is 1360. The van der Waals surface area contributed by atoms with Crippen LogP contribution in [0, 0.1) is 0 Å². The number of nitrogens with two attached hydrogens (primary N) is 1. The van der Waals surface area contributed by atoms with Gasteiger partial charge in [-0.1, -0.05) is 0 Å². The van der Waals surface area contributed by atoms with E-state index in [2.05, 4.69) is 25.6 Å². The van der Waals surface area contributed by atoms with Crippen molar-refractivity contribution in [1.82, 2.24) is 19.5 Å².